The lowest BCUT2D eigenvalue weighted by Gasteiger charge is -2.26. The fourth-order valence-corrected chi connectivity index (χ4v) is 4.25. The Morgan fingerprint density at radius 1 is 0.811 bits per heavy atom. The number of ether oxygens (including phenoxy) is 2. The first-order chi connectivity index (χ1) is 17.9. The third-order valence-electron chi connectivity index (χ3n) is 5.89. The Bertz CT molecular complexity index is 1290. The Hall–Kier alpha value is -3.91. The van der Waals surface area contributed by atoms with Crippen LogP contribution in [0.25, 0.3) is 11.3 Å². The summed E-state index contributed by atoms with van der Waals surface area (Å²) in [6.45, 7) is 1.24. The standard InChI is InChI=1S/C29H29BrN4O3/c1-33(2)29(35)22-9-14-27(31-16-22)26-15-23(30)17-32-28(26)34(18-20-5-10-24(36-3)11-6-20)19-21-7-12-25(37-4)13-8-21/h5-17H,18-19H2,1-4H3. The predicted molar refractivity (Wildman–Crippen MR) is 149 cm³/mol. The number of carbonyl (C=O) groups excluding carboxylic acids is 1. The van der Waals surface area contributed by atoms with E-state index in [4.69, 9.17) is 14.5 Å². The number of benzene rings is 2. The van der Waals surface area contributed by atoms with E-state index in [0.717, 1.165) is 44.2 Å². The lowest BCUT2D eigenvalue weighted by Crippen LogP contribution is -2.24. The maximum absolute atomic E-state index is 12.4. The molecule has 0 saturated heterocycles. The van der Waals surface area contributed by atoms with E-state index in [1.165, 1.54) is 4.90 Å². The first kappa shape index (κ1) is 26.2. The summed E-state index contributed by atoms with van der Waals surface area (Å²) >= 11 is 3.57. The van der Waals surface area contributed by atoms with Gasteiger partial charge in [0, 0.05) is 49.6 Å². The van der Waals surface area contributed by atoms with Crippen LogP contribution in [0.5, 0.6) is 11.5 Å². The van der Waals surface area contributed by atoms with Crippen molar-refractivity contribution in [3.05, 3.63) is 100 Å². The van der Waals surface area contributed by atoms with Gasteiger partial charge in [0.25, 0.3) is 5.91 Å². The molecule has 2 aromatic carbocycles. The summed E-state index contributed by atoms with van der Waals surface area (Å²) in [5.74, 6) is 2.32. The van der Waals surface area contributed by atoms with Crippen molar-refractivity contribution >= 4 is 27.7 Å². The molecule has 0 aliphatic heterocycles. The highest BCUT2D eigenvalue weighted by Gasteiger charge is 2.18. The van der Waals surface area contributed by atoms with Crippen LogP contribution in [0.1, 0.15) is 21.5 Å². The number of carbonyl (C=O) groups is 1. The highest BCUT2D eigenvalue weighted by molar-refractivity contribution is 9.10. The number of pyridine rings is 2. The SMILES string of the molecule is COc1ccc(CN(Cc2ccc(OC)cc2)c2ncc(Br)cc2-c2ccc(C(=O)N(C)C)cn2)cc1. The van der Waals surface area contributed by atoms with E-state index >= 15 is 0 Å². The highest BCUT2D eigenvalue weighted by Crippen LogP contribution is 2.33. The van der Waals surface area contributed by atoms with E-state index in [1.807, 2.05) is 36.4 Å². The van der Waals surface area contributed by atoms with Crippen LogP contribution in [0.4, 0.5) is 5.82 Å². The molecule has 0 unspecified atom stereocenters. The van der Waals surface area contributed by atoms with Gasteiger partial charge in [0.2, 0.25) is 0 Å². The summed E-state index contributed by atoms with van der Waals surface area (Å²) in [5.41, 5.74) is 4.36. The van der Waals surface area contributed by atoms with Crippen LogP contribution in [0.2, 0.25) is 0 Å². The Balaban J connectivity index is 1.74. The molecule has 0 atom stereocenters. The second-order valence-corrected chi connectivity index (χ2v) is 9.62. The molecule has 0 fully saturated rings. The monoisotopic (exact) mass is 560 g/mol. The minimum absolute atomic E-state index is 0.0905. The van der Waals surface area contributed by atoms with Gasteiger partial charge in [-0.3, -0.25) is 9.78 Å². The average molecular weight is 561 g/mol. The fourth-order valence-electron chi connectivity index (χ4n) is 3.92. The molecule has 0 aliphatic rings. The number of halogens is 1. The van der Waals surface area contributed by atoms with E-state index in [2.05, 4.69) is 50.1 Å². The van der Waals surface area contributed by atoms with Crippen LogP contribution in [-0.4, -0.2) is 49.1 Å². The molecule has 4 rings (SSSR count). The largest absolute Gasteiger partial charge is 0.497 e. The molecule has 4 aromatic rings. The molecule has 0 N–H and O–H groups in total. The first-order valence-corrected chi connectivity index (χ1v) is 12.5. The minimum atomic E-state index is -0.0905. The smallest absolute Gasteiger partial charge is 0.254 e. The Morgan fingerprint density at radius 3 is 1.84 bits per heavy atom. The van der Waals surface area contributed by atoms with Crippen molar-refractivity contribution in [3.8, 4) is 22.8 Å². The zero-order valence-electron chi connectivity index (χ0n) is 21.3. The van der Waals surface area contributed by atoms with Crippen molar-refractivity contribution in [1.82, 2.24) is 14.9 Å². The molecule has 1 amide bonds. The van der Waals surface area contributed by atoms with E-state index in [9.17, 15) is 4.79 Å². The molecular formula is C29H29BrN4O3. The van der Waals surface area contributed by atoms with E-state index in [1.54, 1.807) is 46.8 Å². The maximum Gasteiger partial charge on any atom is 0.254 e. The fraction of sp³-hybridized carbons (Fsp3) is 0.207. The number of nitrogens with zero attached hydrogens (tertiary/aromatic N) is 4. The molecule has 2 heterocycles. The van der Waals surface area contributed by atoms with Crippen LogP contribution < -0.4 is 14.4 Å². The molecule has 8 heteroatoms. The second-order valence-electron chi connectivity index (χ2n) is 8.71. The van der Waals surface area contributed by atoms with Crippen molar-refractivity contribution < 1.29 is 14.3 Å². The number of hydrogen-bond donors (Lipinski definition) is 0. The summed E-state index contributed by atoms with van der Waals surface area (Å²) in [6.07, 6.45) is 3.40. The number of amides is 1. The van der Waals surface area contributed by atoms with Crippen LogP contribution in [0.15, 0.2) is 83.6 Å². The Labute approximate surface area is 225 Å². The molecular weight excluding hydrogens is 532 g/mol. The van der Waals surface area contributed by atoms with Gasteiger partial charge >= 0.3 is 0 Å². The van der Waals surface area contributed by atoms with Crippen LogP contribution >= 0.6 is 15.9 Å². The Morgan fingerprint density at radius 2 is 1.38 bits per heavy atom. The number of hydrogen-bond acceptors (Lipinski definition) is 6. The third-order valence-corrected chi connectivity index (χ3v) is 6.32. The van der Waals surface area contributed by atoms with Crippen molar-refractivity contribution in [1.29, 1.82) is 0 Å². The second kappa shape index (κ2) is 11.9. The maximum atomic E-state index is 12.4. The third kappa shape index (κ3) is 6.46. The molecule has 0 radical (unpaired) electrons. The lowest BCUT2D eigenvalue weighted by atomic mass is 10.1. The van der Waals surface area contributed by atoms with Gasteiger partial charge in [0.05, 0.1) is 25.5 Å². The molecule has 2 aromatic heterocycles. The topological polar surface area (TPSA) is 67.8 Å². The van der Waals surface area contributed by atoms with E-state index < -0.39 is 0 Å². The molecule has 0 bridgehead atoms. The van der Waals surface area contributed by atoms with Gasteiger partial charge in [-0.05, 0) is 69.5 Å². The molecule has 7 nitrogen and oxygen atoms in total. The molecule has 37 heavy (non-hydrogen) atoms. The van der Waals surface area contributed by atoms with Gasteiger partial charge in [-0.1, -0.05) is 24.3 Å². The summed E-state index contributed by atoms with van der Waals surface area (Å²) in [6, 6.07) is 21.7. The van der Waals surface area contributed by atoms with Crippen molar-refractivity contribution in [2.45, 2.75) is 13.1 Å². The van der Waals surface area contributed by atoms with Crippen molar-refractivity contribution in [2.75, 3.05) is 33.2 Å². The van der Waals surface area contributed by atoms with E-state index in [-0.39, 0.29) is 5.91 Å². The molecule has 190 valence electrons. The van der Waals surface area contributed by atoms with Gasteiger partial charge in [-0.25, -0.2) is 4.98 Å². The molecule has 0 spiro atoms. The van der Waals surface area contributed by atoms with Gasteiger partial charge in [-0.15, -0.1) is 0 Å². The molecule has 0 aliphatic carbocycles. The van der Waals surface area contributed by atoms with Gasteiger partial charge in [-0.2, -0.15) is 0 Å². The lowest BCUT2D eigenvalue weighted by molar-refractivity contribution is 0.0827. The number of rotatable bonds is 9. The van der Waals surface area contributed by atoms with Gasteiger partial charge < -0.3 is 19.3 Å². The normalized spacial score (nSPS) is 10.6. The van der Waals surface area contributed by atoms with Crippen LogP contribution in [0, 0.1) is 0 Å². The number of aromatic nitrogens is 2. The minimum Gasteiger partial charge on any atom is -0.497 e. The average Bonchev–Trinajstić information content (AvgIpc) is 2.93. The van der Waals surface area contributed by atoms with Gasteiger partial charge in [0.1, 0.15) is 17.3 Å². The van der Waals surface area contributed by atoms with Gasteiger partial charge in [0.15, 0.2) is 0 Å². The summed E-state index contributed by atoms with van der Waals surface area (Å²) in [4.78, 5) is 25.6. The highest BCUT2D eigenvalue weighted by atomic mass is 79.9. The first-order valence-electron chi connectivity index (χ1n) is 11.7. The summed E-state index contributed by atoms with van der Waals surface area (Å²) < 4.78 is 11.5. The van der Waals surface area contributed by atoms with Crippen LogP contribution in [0.3, 0.4) is 0 Å². The number of methoxy groups -OCH3 is 2. The molecule has 0 saturated carbocycles. The summed E-state index contributed by atoms with van der Waals surface area (Å²) in [7, 11) is 6.77. The summed E-state index contributed by atoms with van der Waals surface area (Å²) in [5, 5.41) is 0. The zero-order chi connectivity index (χ0) is 26.4. The van der Waals surface area contributed by atoms with E-state index in [0.29, 0.717) is 18.7 Å². The Kier molecular flexibility index (Phi) is 8.40. The van der Waals surface area contributed by atoms with Crippen molar-refractivity contribution in [3.63, 3.8) is 0 Å². The predicted octanol–water partition coefficient (Wildman–Crippen LogP) is 5.83. The zero-order valence-corrected chi connectivity index (χ0v) is 22.9. The van der Waals surface area contributed by atoms with Crippen LogP contribution in [-0.2, 0) is 13.1 Å². The number of anilines is 1. The van der Waals surface area contributed by atoms with Crippen molar-refractivity contribution in [2.24, 2.45) is 0 Å². The quantitative estimate of drug-likeness (QED) is 0.256.